The zero-order valence-electron chi connectivity index (χ0n) is 10.0. The van der Waals surface area contributed by atoms with Crippen LogP contribution in [-0.4, -0.2) is 7.11 Å². The van der Waals surface area contributed by atoms with Crippen molar-refractivity contribution in [2.45, 2.75) is 13.0 Å². The molecule has 3 nitrogen and oxygen atoms in total. The second kappa shape index (κ2) is 5.34. The van der Waals surface area contributed by atoms with Gasteiger partial charge in [0.15, 0.2) is 0 Å². The summed E-state index contributed by atoms with van der Waals surface area (Å²) in [7, 11) is 1.60. The maximum Gasteiger partial charge on any atom is 0.138 e. The third kappa shape index (κ3) is 2.55. The topological polar surface area (TPSA) is 48.4 Å². The quantitative estimate of drug-likeness (QED) is 0.923. The summed E-state index contributed by atoms with van der Waals surface area (Å²) in [5.74, 6) is 1.51. The Morgan fingerprint density at radius 3 is 2.67 bits per heavy atom. The highest BCUT2D eigenvalue weighted by Crippen LogP contribution is 2.37. The van der Waals surface area contributed by atoms with Gasteiger partial charge in [-0.1, -0.05) is 11.6 Å². The molecule has 0 fully saturated rings. The van der Waals surface area contributed by atoms with Crippen LogP contribution < -0.4 is 10.5 Å². The molecule has 0 bridgehead atoms. The van der Waals surface area contributed by atoms with E-state index >= 15 is 0 Å². The fourth-order valence-electron chi connectivity index (χ4n) is 1.83. The SMILES string of the molecule is COc1c(Br)cc(Cl)cc1C(N)c1coc(C)c1. The van der Waals surface area contributed by atoms with E-state index in [1.54, 1.807) is 25.5 Å². The van der Waals surface area contributed by atoms with Gasteiger partial charge in [0.1, 0.15) is 11.5 Å². The van der Waals surface area contributed by atoms with Crippen molar-refractivity contribution in [3.8, 4) is 5.75 Å². The first-order valence-corrected chi connectivity index (χ1v) is 6.53. The van der Waals surface area contributed by atoms with Crippen molar-refractivity contribution in [2.24, 2.45) is 5.73 Å². The summed E-state index contributed by atoms with van der Waals surface area (Å²) in [5, 5.41) is 0.605. The molecule has 1 aromatic carbocycles. The molecular formula is C13H13BrClNO2. The second-order valence-corrected chi connectivity index (χ2v) is 5.27. The molecule has 0 radical (unpaired) electrons. The van der Waals surface area contributed by atoms with Gasteiger partial charge in [0, 0.05) is 16.1 Å². The van der Waals surface area contributed by atoms with Gasteiger partial charge in [0.25, 0.3) is 0 Å². The highest BCUT2D eigenvalue weighted by Gasteiger charge is 2.18. The predicted molar refractivity (Wildman–Crippen MR) is 75.2 cm³/mol. The third-order valence-corrected chi connectivity index (χ3v) is 3.49. The van der Waals surface area contributed by atoms with Crippen molar-refractivity contribution >= 4 is 27.5 Å². The number of ether oxygens (including phenoxy) is 1. The number of aryl methyl sites for hydroxylation is 1. The number of hydrogen-bond donors (Lipinski definition) is 1. The molecule has 0 spiro atoms. The van der Waals surface area contributed by atoms with Crippen molar-refractivity contribution in [1.82, 2.24) is 0 Å². The van der Waals surface area contributed by atoms with Crippen LogP contribution in [-0.2, 0) is 0 Å². The Morgan fingerprint density at radius 1 is 1.39 bits per heavy atom. The Kier molecular flexibility index (Phi) is 4.00. The van der Waals surface area contributed by atoms with Crippen LogP contribution in [0.15, 0.2) is 33.4 Å². The highest BCUT2D eigenvalue weighted by molar-refractivity contribution is 9.10. The van der Waals surface area contributed by atoms with E-state index < -0.39 is 0 Å². The number of nitrogens with two attached hydrogens (primary N) is 1. The number of benzene rings is 1. The molecule has 0 amide bonds. The van der Waals surface area contributed by atoms with E-state index in [9.17, 15) is 0 Å². The lowest BCUT2D eigenvalue weighted by Gasteiger charge is -2.16. The molecule has 5 heteroatoms. The van der Waals surface area contributed by atoms with Crippen LogP contribution in [0.3, 0.4) is 0 Å². The molecule has 0 aliphatic carbocycles. The molecule has 0 aliphatic rings. The molecule has 1 atom stereocenters. The monoisotopic (exact) mass is 329 g/mol. The Balaban J connectivity index is 2.49. The van der Waals surface area contributed by atoms with Crippen molar-refractivity contribution < 1.29 is 9.15 Å². The molecule has 0 saturated heterocycles. The Bertz CT molecular complexity index is 568. The van der Waals surface area contributed by atoms with Crippen LogP contribution in [0.25, 0.3) is 0 Å². The van der Waals surface area contributed by atoms with Gasteiger partial charge in [-0.2, -0.15) is 0 Å². The van der Waals surface area contributed by atoms with Crippen molar-refractivity contribution in [2.75, 3.05) is 7.11 Å². The summed E-state index contributed by atoms with van der Waals surface area (Å²) in [4.78, 5) is 0. The largest absolute Gasteiger partial charge is 0.495 e. The van der Waals surface area contributed by atoms with E-state index in [4.69, 9.17) is 26.5 Å². The maximum atomic E-state index is 6.22. The Hall–Kier alpha value is -0.970. The molecule has 0 aliphatic heterocycles. The van der Waals surface area contributed by atoms with Crippen molar-refractivity contribution in [3.05, 3.63) is 50.8 Å². The summed E-state index contributed by atoms with van der Waals surface area (Å²) in [6.45, 7) is 1.88. The summed E-state index contributed by atoms with van der Waals surface area (Å²) in [6, 6.07) is 5.14. The molecule has 0 saturated carbocycles. The molecule has 2 rings (SSSR count). The van der Waals surface area contributed by atoms with E-state index in [0.29, 0.717) is 10.8 Å². The van der Waals surface area contributed by atoms with Gasteiger partial charge in [-0.3, -0.25) is 0 Å². The van der Waals surface area contributed by atoms with Crippen molar-refractivity contribution in [1.29, 1.82) is 0 Å². The van der Waals surface area contributed by atoms with E-state index in [0.717, 1.165) is 21.4 Å². The van der Waals surface area contributed by atoms with Gasteiger partial charge < -0.3 is 14.9 Å². The minimum atomic E-state index is -0.340. The number of furan rings is 1. The minimum Gasteiger partial charge on any atom is -0.495 e. The summed E-state index contributed by atoms with van der Waals surface area (Å²) in [5.41, 5.74) is 7.93. The fraction of sp³-hybridized carbons (Fsp3) is 0.231. The summed E-state index contributed by atoms with van der Waals surface area (Å²) >= 11 is 9.47. The average Bonchev–Trinajstić information content (AvgIpc) is 2.74. The first-order chi connectivity index (χ1) is 8.52. The van der Waals surface area contributed by atoms with Gasteiger partial charge in [-0.25, -0.2) is 0 Å². The van der Waals surface area contributed by atoms with E-state index in [1.165, 1.54) is 0 Å². The van der Waals surface area contributed by atoms with Crippen LogP contribution in [0.2, 0.25) is 5.02 Å². The zero-order chi connectivity index (χ0) is 13.3. The number of halogens is 2. The molecule has 1 heterocycles. The summed E-state index contributed by atoms with van der Waals surface area (Å²) in [6.07, 6.45) is 1.65. The molecular weight excluding hydrogens is 318 g/mol. The minimum absolute atomic E-state index is 0.340. The van der Waals surface area contributed by atoms with Crippen LogP contribution in [0.1, 0.15) is 22.9 Å². The standard InChI is InChI=1S/C13H13BrClNO2/c1-7-3-8(6-18-7)12(16)10-4-9(15)5-11(14)13(10)17-2/h3-6,12H,16H2,1-2H3. The maximum absolute atomic E-state index is 6.22. The average molecular weight is 331 g/mol. The van der Waals surface area contributed by atoms with Gasteiger partial charge in [-0.05, 0) is 41.1 Å². The fourth-order valence-corrected chi connectivity index (χ4v) is 2.83. The number of hydrogen-bond acceptors (Lipinski definition) is 3. The first kappa shape index (κ1) is 13.5. The third-order valence-electron chi connectivity index (χ3n) is 2.69. The highest BCUT2D eigenvalue weighted by atomic mass is 79.9. The van der Waals surface area contributed by atoms with Crippen LogP contribution >= 0.6 is 27.5 Å². The van der Waals surface area contributed by atoms with Crippen molar-refractivity contribution in [3.63, 3.8) is 0 Å². The van der Waals surface area contributed by atoms with Crippen LogP contribution in [0.5, 0.6) is 5.75 Å². The Morgan fingerprint density at radius 2 is 2.11 bits per heavy atom. The molecule has 1 unspecified atom stereocenters. The molecule has 2 aromatic rings. The molecule has 2 N–H and O–H groups in total. The second-order valence-electron chi connectivity index (χ2n) is 3.98. The molecule has 96 valence electrons. The summed E-state index contributed by atoms with van der Waals surface area (Å²) < 4.78 is 11.4. The van der Waals surface area contributed by atoms with Crippen LogP contribution in [0, 0.1) is 6.92 Å². The first-order valence-electron chi connectivity index (χ1n) is 5.36. The smallest absolute Gasteiger partial charge is 0.138 e. The molecule has 18 heavy (non-hydrogen) atoms. The van der Waals surface area contributed by atoms with E-state index in [2.05, 4.69) is 15.9 Å². The lowest BCUT2D eigenvalue weighted by Crippen LogP contribution is -2.12. The van der Waals surface area contributed by atoms with Gasteiger partial charge in [0.2, 0.25) is 0 Å². The van der Waals surface area contributed by atoms with Gasteiger partial charge in [0.05, 0.1) is 23.9 Å². The van der Waals surface area contributed by atoms with E-state index in [1.807, 2.05) is 13.0 Å². The number of rotatable bonds is 3. The van der Waals surface area contributed by atoms with Crippen LogP contribution in [0.4, 0.5) is 0 Å². The van der Waals surface area contributed by atoms with E-state index in [-0.39, 0.29) is 6.04 Å². The Labute approximate surface area is 119 Å². The lowest BCUT2D eigenvalue weighted by atomic mass is 10.0. The number of methoxy groups -OCH3 is 1. The zero-order valence-corrected chi connectivity index (χ0v) is 12.4. The lowest BCUT2D eigenvalue weighted by molar-refractivity contribution is 0.405. The molecule has 1 aromatic heterocycles. The normalized spacial score (nSPS) is 12.5. The van der Waals surface area contributed by atoms with Gasteiger partial charge in [-0.15, -0.1) is 0 Å². The predicted octanol–water partition coefficient (Wildman–Crippen LogP) is 4.06. The van der Waals surface area contributed by atoms with Gasteiger partial charge >= 0.3 is 0 Å².